The van der Waals surface area contributed by atoms with Crippen molar-refractivity contribution in [3.8, 4) is 5.75 Å². The largest absolute Gasteiger partial charge is 0.507 e. The van der Waals surface area contributed by atoms with Gasteiger partial charge in [0.15, 0.2) is 11.6 Å². The molecule has 0 fully saturated rings. The molecular formula is C19H17NO5. The molecule has 2 aromatic rings. The van der Waals surface area contributed by atoms with E-state index in [2.05, 4.69) is 0 Å². The molecule has 3 rings (SSSR count). The molecule has 0 heterocycles. The minimum atomic E-state index is -1.35. The van der Waals surface area contributed by atoms with Crippen LogP contribution in [-0.4, -0.2) is 33.3 Å². The number of hydrogen-bond donors (Lipinski definition) is 3. The monoisotopic (exact) mass is 339 g/mol. The zero-order chi connectivity index (χ0) is 18.4. The fourth-order valence-corrected chi connectivity index (χ4v) is 3.21. The third-order valence-electron chi connectivity index (χ3n) is 4.23. The van der Waals surface area contributed by atoms with Crippen molar-refractivity contribution in [1.29, 1.82) is 0 Å². The Balaban J connectivity index is 2.01. The Kier molecular flexibility index (Phi) is 3.93. The Morgan fingerprint density at radius 1 is 1.08 bits per heavy atom. The molecule has 6 heteroatoms. The van der Waals surface area contributed by atoms with Crippen LogP contribution >= 0.6 is 0 Å². The molecule has 2 aromatic carbocycles. The lowest BCUT2D eigenvalue weighted by molar-refractivity contribution is -0.122. The minimum Gasteiger partial charge on any atom is -0.507 e. The van der Waals surface area contributed by atoms with Gasteiger partial charge >= 0.3 is 0 Å². The van der Waals surface area contributed by atoms with Crippen molar-refractivity contribution >= 4 is 17.5 Å². The molecule has 0 saturated heterocycles. The summed E-state index contributed by atoms with van der Waals surface area (Å²) in [5.74, 6) is -1.64. The number of fused-ring (bicyclic) bond motifs is 2. The molecule has 0 aliphatic heterocycles. The molecular weight excluding hydrogens is 322 g/mol. The zero-order valence-corrected chi connectivity index (χ0v) is 13.6. The summed E-state index contributed by atoms with van der Waals surface area (Å²) in [6.45, 7) is 1.48. The fraction of sp³-hybridized carbons (Fsp3) is 0.211. The van der Waals surface area contributed by atoms with Gasteiger partial charge in [0.05, 0.1) is 17.6 Å². The minimum absolute atomic E-state index is 0.00785. The highest BCUT2D eigenvalue weighted by Crippen LogP contribution is 2.33. The average Bonchev–Trinajstić information content (AvgIpc) is 2.50. The van der Waals surface area contributed by atoms with Crippen LogP contribution in [-0.2, 0) is 11.2 Å². The summed E-state index contributed by atoms with van der Waals surface area (Å²) < 4.78 is 0. The van der Waals surface area contributed by atoms with E-state index in [-0.39, 0.29) is 46.6 Å². The van der Waals surface area contributed by atoms with Crippen LogP contribution in [0.2, 0.25) is 0 Å². The lowest BCUT2D eigenvalue weighted by atomic mass is 9.81. The summed E-state index contributed by atoms with van der Waals surface area (Å²) in [7, 11) is 0. The molecule has 0 saturated carbocycles. The number of rotatable bonds is 4. The van der Waals surface area contributed by atoms with E-state index >= 15 is 0 Å². The van der Waals surface area contributed by atoms with Crippen molar-refractivity contribution in [1.82, 2.24) is 0 Å². The van der Waals surface area contributed by atoms with Crippen molar-refractivity contribution in [3.05, 3.63) is 64.2 Å². The third-order valence-corrected chi connectivity index (χ3v) is 4.23. The average molecular weight is 339 g/mol. The maximum atomic E-state index is 12.7. The molecule has 4 N–H and O–H groups in total. The number of phenols is 1. The van der Waals surface area contributed by atoms with Crippen molar-refractivity contribution in [2.45, 2.75) is 25.4 Å². The first-order valence-corrected chi connectivity index (χ1v) is 7.74. The lowest BCUT2D eigenvalue weighted by Gasteiger charge is -2.23. The molecule has 0 radical (unpaired) electrons. The molecule has 0 aromatic heterocycles. The molecule has 0 unspecified atom stereocenters. The van der Waals surface area contributed by atoms with Crippen LogP contribution in [0, 0.1) is 0 Å². The SMILES string of the molecule is C[C@](O)(CC(N)=O)Cc1ccc2c(c1)C(=O)c1cccc(O)c1C2=O. The standard InChI is InChI=1S/C19H17NO5/c1-19(25,9-15(20)22)8-10-5-6-11-13(7-10)17(23)12-3-2-4-14(21)16(12)18(11)24/h2-7,21,25H,8-9H2,1H3,(H2,20,22)/t19-/m1/s1. The van der Waals surface area contributed by atoms with Crippen LogP contribution in [0.5, 0.6) is 5.75 Å². The molecule has 1 atom stereocenters. The van der Waals surface area contributed by atoms with Crippen molar-refractivity contribution in [2.75, 3.05) is 0 Å². The Morgan fingerprint density at radius 2 is 1.80 bits per heavy atom. The second-order valence-corrected chi connectivity index (χ2v) is 6.55. The maximum Gasteiger partial charge on any atom is 0.220 e. The molecule has 128 valence electrons. The summed E-state index contributed by atoms with van der Waals surface area (Å²) >= 11 is 0. The summed E-state index contributed by atoms with van der Waals surface area (Å²) in [4.78, 5) is 36.3. The van der Waals surface area contributed by atoms with Gasteiger partial charge in [0.1, 0.15) is 5.75 Å². The van der Waals surface area contributed by atoms with E-state index in [1.54, 1.807) is 6.07 Å². The first kappa shape index (κ1) is 16.9. The van der Waals surface area contributed by atoms with Crippen LogP contribution in [0.25, 0.3) is 0 Å². The quantitative estimate of drug-likeness (QED) is 0.663. The second-order valence-electron chi connectivity index (χ2n) is 6.55. The number of nitrogens with two attached hydrogens (primary N) is 1. The van der Waals surface area contributed by atoms with Gasteiger partial charge in [-0.15, -0.1) is 0 Å². The Morgan fingerprint density at radius 3 is 2.48 bits per heavy atom. The van der Waals surface area contributed by atoms with Crippen LogP contribution in [0.3, 0.4) is 0 Å². The van der Waals surface area contributed by atoms with E-state index in [9.17, 15) is 24.6 Å². The molecule has 0 bridgehead atoms. The Bertz CT molecular complexity index is 914. The van der Waals surface area contributed by atoms with Gasteiger partial charge in [-0.3, -0.25) is 14.4 Å². The van der Waals surface area contributed by atoms with E-state index in [1.165, 1.54) is 37.3 Å². The molecule has 6 nitrogen and oxygen atoms in total. The van der Waals surface area contributed by atoms with E-state index in [0.29, 0.717) is 5.56 Å². The van der Waals surface area contributed by atoms with E-state index in [1.807, 2.05) is 0 Å². The fourth-order valence-electron chi connectivity index (χ4n) is 3.21. The van der Waals surface area contributed by atoms with Crippen LogP contribution in [0.1, 0.15) is 50.8 Å². The van der Waals surface area contributed by atoms with E-state index in [0.717, 1.165) is 0 Å². The van der Waals surface area contributed by atoms with Gasteiger partial charge in [-0.05, 0) is 24.6 Å². The van der Waals surface area contributed by atoms with Gasteiger partial charge in [0, 0.05) is 23.1 Å². The number of carbonyl (C=O) groups is 3. The van der Waals surface area contributed by atoms with Gasteiger partial charge < -0.3 is 15.9 Å². The zero-order valence-electron chi connectivity index (χ0n) is 13.6. The number of primary amides is 1. The predicted molar refractivity (Wildman–Crippen MR) is 89.6 cm³/mol. The molecule has 25 heavy (non-hydrogen) atoms. The number of amides is 1. The number of carbonyl (C=O) groups excluding carboxylic acids is 3. The number of benzene rings is 2. The van der Waals surface area contributed by atoms with Gasteiger partial charge in [0.25, 0.3) is 0 Å². The number of phenolic OH excluding ortho intramolecular Hbond substituents is 1. The van der Waals surface area contributed by atoms with Gasteiger partial charge in [-0.2, -0.15) is 0 Å². The Hall–Kier alpha value is -2.99. The molecule has 1 amide bonds. The number of aromatic hydroxyl groups is 1. The topological polar surface area (TPSA) is 118 Å². The lowest BCUT2D eigenvalue weighted by Crippen LogP contribution is -2.33. The summed E-state index contributed by atoms with van der Waals surface area (Å²) in [6, 6.07) is 9.02. The highest BCUT2D eigenvalue weighted by atomic mass is 16.3. The molecule has 1 aliphatic carbocycles. The first-order valence-electron chi connectivity index (χ1n) is 7.74. The van der Waals surface area contributed by atoms with Crippen molar-refractivity contribution < 1.29 is 24.6 Å². The predicted octanol–water partition coefficient (Wildman–Crippen LogP) is 1.34. The molecule has 1 aliphatic rings. The summed E-state index contributed by atoms with van der Waals surface area (Å²) in [6.07, 6.45) is -0.106. The number of aliphatic hydroxyl groups is 1. The van der Waals surface area contributed by atoms with Crippen LogP contribution in [0.4, 0.5) is 0 Å². The van der Waals surface area contributed by atoms with Crippen molar-refractivity contribution in [3.63, 3.8) is 0 Å². The molecule has 0 spiro atoms. The third kappa shape index (κ3) is 3.04. The van der Waals surface area contributed by atoms with E-state index in [4.69, 9.17) is 5.73 Å². The smallest absolute Gasteiger partial charge is 0.220 e. The maximum absolute atomic E-state index is 12.7. The summed E-state index contributed by atoms with van der Waals surface area (Å²) in [5, 5.41) is 20.2. The Labute approximate surface area is 143 Å². The van der Waals surface area contributed by atoms with Gasteiger partial charge in [-0.25, -0.2) is 0 Å². The van der Waals surface area contributed by atoms with Crippen molar-refractivity contribution in [2.24, 2.45) is 5.73 Å². The second kappa shape index (κ2) is 5.82. The van der Waals surface area contributed by atoms with Crippen LogP contribution in [0.15, 0.2) is 36.4 Å². The van der Waals surface area contributed by atoms with Gasteiger partial charge in [-0.1, -0.05) is 24.3 Å². The van der Waals surface area contributed by atoms with E-state index < -0.39 is 17.3 Å². The number of hydrogen-bond acceptors (Lipinski definition) is 5. The van der Waals surface area contributed by atoms with Crippen LogP contribution < -0.4 is 5.73 Å². The first-order chi connectivity index (χ1) is 11.7. The highest BCUT2D eigenvalue weighted by Gasteiger charge is 2.32. The highest BCUT2D eigenvalue weighted by molar-refractivity contribution is 6.29. The normalized spacial score (nSPS) is 15.3. The number of ketones is 2. The summed E-state index contributed by atoms with van der Waals surface area (Å²) in [5.41, 5.74) is 4.97. The van der Waals surface area contributed by atoms with Gasteiger partial charge in [0.2, 0.25) is 5.91 Å².